The maximum atomic E-state index is 12.6. The molecule has 2 saturated heterocycles. The van der Waals surface area contributed by atoms with E-state index < -0.39 is 23.9 Å². The average molecular weight is 473 g/mol. The number of benzene rings is 1. The molecule has 4 amide bonds. The maximum Gasteiger partial charge on any atom is 0.243 e. The van der Waals surface area contributed by atoms with E-state index in [0.29, 0.717) is 30.5 Å². The predicted octanol–water partition coefficient (Wildman–Crippen LogP) is -1.28. The monoisotopic (exact) mass is 472 g/mol. The Morgan fingerprint density at radius 3 is 2.62 bits per heavy atom. The molecule has 0 radical (unpaired) electrons. The van der Waals surface area contributed by atoms with Crippen LogP contribution in [0, 0.1) is 11.3 Å². The third-order valence-electron chi connectivity index (χ3n) is 5.48. The number of nitrogens with zero attached hydrogens (tertiary/aromatic N) is 1. The van der Waals surface area contributed by atoms with Crippen LogP contribution in [-0.2, 0) is 30.3 Å². The fourth-order valence-electron chi connectivity index (χ4n) is 3.56. The number of nitriles is 1. The first-order chi connectivity index (χ1) is 16.5. The van der Waals surface area contributed by atoms with Gasteiger partial charge in [0.05, 0.1) is 24.2 Å². The second kappa shape index (κ2) is 14.6. The van der Waals surface area contributed by atoms with E-state index in [9.17, 15) is 24.4 Å². The van der Waals surface area contributed by atoms with Crippen molar-refractivity contribution in [3.8, 4) is 6.07 Å². The van der Waals surface area contributed by atoms with Crippen LogP contribution in [0.2, 0.25) is 0 Å². The van der Waals surface area contributed by atoms with Crippen molar-refractivity contribution >= 4 is 24.1 Å². The van der Waals surface area contributed by atoms with Gasteiger partial charge < -0.3 is 31.3 Å². The van der Waals surface area contributed by atoms with Gasteiger partial charge in [-0.05, 0) is 30.9 Å². The minimum atomic E-state index is -0.971. The number of amides is 4. The van der Waals surface area contributed by atoms with Crippen LogP contribution in [0.15, 0.2) is 24.3 Å². The minimum absolute atomic E-state index is 0.0950. The molecule has 2 aliphatic heterocycles. The topological polar surface area (TPSA) is 161 Å². The smallest absolute Gasteiger partial charge is 0.243 e. The number of rotatable bonds is 9. The molecule has 0 bridgehead atoms. The van der Waals surface area contributed by atoms with E-state index in [1.165, 1.54) is 19.9 Å². The van der Waals surface area contributed by atoms with Crippen molar-refractivity contribution in [1.29, 1.82) is 5.26 Å². The van der Waals surface area contributed by atoms with Gasteiger partial charge in [0.1, 0.15) is 6.04 Å². The molecule has 11 heteroatoms. The molecule has 184 valence electrons. The summed E-state index contributed by atoms with van der Waals surface area (Å²) in [6.07, 6.45) is 3.63. The van der Waals surface area contributed by atoms with Crippen LogP contribution in [0.4, 0.5) is 0 Å². The largest absolute Gasteiger partial charge is 0.381 e. The highest BCUT2D eigenvalue weighted by molar-refractivity contribution is 5.92. The summed E-state index contributed by atoms with van der Waals surface area (Å²) < 4.78 is 4.94. The van der Waals surface area contributed by atoms with Gasteiger partial charge in [0, 0.05) is 39.3 Å². The van der Waals surface area contributed by atoms with Gasteiger partial charge in [0.2, 0.25) is 24.1 Å². The van der Waals surface area contributed by atoms with Gasteiger partial charge in [0.15, 0.2) is 0 Å². The molecule has 1 aromatic carbocycles. The molecule has 3 rings (SSSR count). The highest BCUT2D eigenvalue weighted by Crippen LogP contribution is 2.12. The van der Waals surface area contributed by atoms with Gasteiger partial charge in [-0.25, -0.2) is 0 Å². The second-order valence-corrected chi connectivity index (χ2v) is 7.92. The third kappa shape index (κ3) is 8.80. The Labute approximate surface area is 199 Å². The summed E-state index contributed by atoms with van der Waals surface area (Å²) in [5, 5.41) is 22.5. The average Bonchev–Trinajstić information content (AvgIpc) is 3.58. The Morgan fingerprint density at radius 2 is 2.00 bits per heavy atom. The van der Waals surface area contributed by atoms with Crippen molar-refractivity contribution in [3.63, 3.8) is 0 Å². The van der Waals surface area contributed by atoms with E-state index in [2.05, 4.69) is 32.7 Å². The zero-order valence-corrected chi connectivity index (χ0v) is 19.3. The van der Waals surface area contributed by atoms with Gasteiger partial charge in [-0.1, -0.05) is 18.2 Å². The van der Waals surface area contributed by atoms with Crippen LogP contribution in [-0.4, -0.2) is 75.6 Å². The number of carbonyl (C=O) groups excluding carboxylic acids is 4. The second-order valence-electron chi connectivity index (χ2n) is 7.92. The Bertz CT molecular complexity index is 875. The summed E-state index contributed by atoms with van der Waals surface area (Å²) in [4.78, 5) is 47.2. The van der Waals surface area contributed by atoms with Crippen molar-refractivity contribution in [2.24, 2.45) is 0 Å². The lowest BCUT2D eigenvalue weighted by molar-refractivity contribution is -0.130. The summed E-state index contributed by atoms with van der Waals surface area (Å²) >= 11 is 0. The van der Waals surface area contributed by atoms with Gasteiger partial charge in [-0.2, -0.15) is 5.26 Å². The van der Waals surface area contributed by atoms with E-state index in [1.54, 1.807) is 24.3 Å². The van der Waals surface area contributed by atoms with E-state index in [0.717, 1.165) is 13.2 Å². The number of hydrogen-bond acceptors (Lipinski definition) is 7. The van der Waals surface area contributed by atoms with Crippen LogP contribution in [0.3, 0.4) is 0 Å². The molecule has 11 nitrogen and oxygen atoms in total. The molecular formula is C23H32N6O5. The fraction of sp³-hybridized carbons (Fsp3) is 0.522. The zero-order valence-electron chi connectivity index (χ0n) is 19.3. The van der Waals surface area contributed by atoms with Crippen LogP contribution in [0.1, 0.15) is 30.4 Å². The first-order valence-corrected chi connectivity index (χ1v) is 11.3. The number of likely N-dealkylation sites (N-methyl/N-ethyl adjacent to an activating group) is 1. The first kappa shape index (κ1) is 26.8. The molecular weight excluding hydrogens is 440 g/mol. The molecule has 0 spiro atoms. The SMILES string of the molecule is C1CCOC1.CNC(=O)CNC(=O)C(Cc1ccccc1C#N)NC(=O)C1CC(NC=O)CN1. The summed E-state index contributed by atoms with van der Waals surface area (Å²) in [6, 6.07) is 7.16. The first-order valence-electron chi connectivity index (χ1n) is 11.3. The lowest BCUT2D eigenvalue weighted by Gasteiger charge is -2.21. The molecule has 2 fully saturated rings. The van der Waals surface area contributed by atoms with Gasteiger partial charge >= 0.3 is 0 Å². The number of ether oxygens (including phenoxy) is 1. The van der Waals surface area contributed by atoms with Crippen LogP contribution in [0.25, 0.3) is 0 Å². The van der Waals surface area contributed by atoms with Crippen molar-refractivity contribution in [3.05, 3.63) is 35.4 Å². The number of nitrogens with one attached hydrogen (secondary N) is 5. The van der Waals surface area contributed by atoms with Gasteiger partial charge in [-0.15, -0.1) is 0 Å². The quantitative estimate of drug-likeness (QED) is 0.280. The molecule has 3 atom stereocenters. The summed E-state index contributed by atoms with van der Waals surface area (Å²) in [6.45, 7) is 2.22. The van der Waals surface area contributed by atoms with Crippen LogP contribution >= 0.6 is 0 Å². The molecule has 5 N–H and O–H groups in total. The van der Waals surface area contributed by atoms with E-state index in [-0.39, 0.29) is 24.9 Å². The third-order valence-corrected chi connectivity index (χ3v) is 5.48. The molecule has 0 aliphatic carbocycles. The molecule has 2 heterocycles. The Hall–Kier alpha value is -3.49. The van der Waals surface area contributed by atoms with Crippen molar-refractivity contribution in [2.75, 3.05) is 33.4 Å². The molecule has 1 aromatic rings. The van der Waals surface area contributed by atoms with Crippen LogP contribution in [0.5, 0.6) is 0 Å². The lowest BCUT2D eigenvalue weighted by atomic mass is 10.00. The van der Waals surface area contributed by atoms with Gasteiger partial charge in [0.25, 0.3) is 0 Å². The number of carbonyl (C=O) groups is 4. The Balaban J connectivity index is 0.000000720. The molecule has 0 aromatic heterocycles. The fourth-order valence-corrected chi connectivity index (χ4v) is 3.56. The van der Waals surface area contributed by atoms with E-state index in [4.69, 9.17) is 4.74 Å². The predicted molar refractivity (Wildman–Crippen MR) is 123 cm³/mol. The van der Waals surface area contributed by atoms with Crippen molar-refractivity contribution in [1.82, 2.24) is 26.6 Å². The summed E-state index contributed by atoms with van der Waals surface area (Å²) in [5.74, 6) is -1.30. The standard InChI is InChI=1S/C19H24N6O4.C4H8O/c1-21-17(27)10-23-18(28)16(6-12-4-2-3-5-13(12)8-20)25-19(29)15-7-14(9-22-15)24-11-26;1-2-4-5-3-1/h2-5,11,14-16,22H,6-7,9-10H2,1H3,(H,21,27)(H,23,28)(H,24,26)(H,25,29);1-4H2. The minimum Gasteiger partial charge on any atom is -0.381 e. The number of hydrogen-bond donors (Lipinski definition) is 5. The van der Waals surface area contributed by atoms with Crippen LogP contribution < -0.4 is 26.6 Å². The highest BCUT2D eigenvalue weighted by atomic mass is 16.5. The maximum absolute atomic E-state index is 12.6. The normalized spacial score (nSPS) is 19.5. The molecule has 2 aliphatic rings. The van der Waals surface area contributed by atoms with Crippen molar-refractivity contribution < 1.29 is 23.9 Å². The van der Waals surface area contributed by atoms with E-state index in [1.807, 2.05) is 0 Å². The van der Waals surface area contributed by atoms with Crippen molar-refractivity contribution in [2.45, 2.75) is 43.8 Å². The molecule has 0 saturated carbocycles. The Kier molecular flexibility index (Phi) is 11.5. The van der Waals surface area contributed by atoms with E-state index >= 15 is 0 Å². The zero-order chi connectivity index (χ0) is 24.8. The summed E-state index contributed by atoms with van der Waals surface area (Å²) in [7, 11) is 1.45. The highest BCUT2D eigenvalue weighted by Gasteiger charge is 2.32. The Morgan fingerprint density at radius 1 is 1.26 bits per heavy atom. The lowest BCUT2D eigenvalue weighted by Crippen LogP contribution is -2.53. The molecule has 34 heavy (non-hydrogen) atoms. The molecule has 3 unspecified atom stereocenters. The van der Waals surface area contributed by atoms with Gasteiger partial charge in [-0.3, -0.25) is 19.2 Å². The summed E-state index contributed by atoms with van der Waals surface area (Å²) in [5.41, 5.74) is 1.01.